The van der Waals surface area contributed by atoms with Gasteiger partial charge in [0.1, 0.15) is 6.04 Å². The molecular weight excluding hydrogens is 252 g/mol. The van der Waals surface area contributed by atoms with E-state index in [0.29, 0.717) is 6.61 Å². The van der Waals surface area contributed by atoms with Crippen LogP contribution in [-0.2, 0) is 9.53 Å². The van der Waals surface area contributed by atoms with E-state index in [0.717, 1.165) is 31.1 Å². The highest BCUT2D eigenvalue weighted by Crippen LogP contribution is 2.38. The minimum Gasteiger partial charge on any atom is -0.465 e. The second-order valence-corrected chi connectivity index (χ2v) is 6.65. The Morgan fingerprint density at radius 2 is 2.05 bits per heavy atom. The standard InChI is InChI=1S/C16H28N2O2/c1-3-20-16(19)12(2)17-10-8-15-13(11-17)5-4-9-18(15)14-6-7-14/h12-15H,3-11H2,1-2H3/t12-,13-,15+/m0/s1. The fourth-order valence-corrected chi connectivity index (χ4v) is 4.09. The summed E-state index contributed by atoms with van der Waals surface area (Å²) in [6, 6.07) is 1.59. The molecule has 0 radical (unpaired) electrons. The molecular formula is C16H28N2O2. The molecule has 0 bridgehead atoms. The third-order valence-corrected chi connectivity index (χ3v) is 5.33. The second kappa shape index (κ2) is 6.02. The van der Waals surface area contributed by atoms with Crippen LogP contribution in [0, 0.1) is 5.92 Å². The molecule has 20 heavy (non-hydrogen) atoms. The van der Waals surface area contributed by atoms with Gasteiger partial charge in [0.2, 0.25) is 0 Å². The third kappa shape index (κ3) is 2.86. The zero-order chi connectivity index (χ0) is 14.1. The maximum atomic E-state index is 11.9. The lowest BCUT2D eigenvalue weighted by molar-refractivity contribution is -0.150. The Labute approximate surface area is 122 Å². The van der Waals surface area contributed by atoms with Gasteiger partial charge in [0.25, 0.3) is 0 Å². The predicted molar refractivity (Wildman–Crippen MR) is 78.5 cm³/mol. The van der Waals surface area contributed by atoms with E-state index in [1.165, 1.54) is 38.6 Å². The topological polar surface area (TPSA) is 32.8 Å². The van der Waals surface area contributed by atoms with Crippen LogP contribution in [0.4, 0.5) is 0 Å². The van der Waals surface area contributed by atoms with Crippen molar-refractivity contribution < 1.29 is 9.53 Å². The van der Waals surface area contributed by atoms with Crippen molar-refractivity contribution >= 4 is 5.97 Å². The highest BCUT2D eigenvalue weighted by Gasteiger charge is 2.43. The van der Waals surface area contributed by atoms with Gasteiger partial charge in [0, 0.05) is 25.2 Å². The number of carbonyl (C=O) groups excluding carboxylic acids is 1. The van der Waals surface area contributed by atoms with E-state index >= 15 is 0 Å². The lowest BCUT2D eigenvalue weighted by Gasteiger charge is -2.48. The van der Waals surface area contributed by atoms with Gasteiger partial charge in [-0.15, -0.1) is 0 Å². The van der Waals surface area contributed by atoms with Gasteiger partial charge >= 0.3 is 5.97 Å². The Hall–Kier alpha value is -0.610. The summed E-state index contributed by atoms with van der Waals surface area (Å²) in [6.07, 6.45) is 6.71. The number of esters is 1. The highest BCUT2D eigenvalue weighted by atomic mass is 16.5. The van der Waals surface area contributed by atoms with Gasteiger partial charge < -0.3 is 4.74 Å². The van der Waals surface area contributed by atoms with Gasteiger partial charge in [-0.25, -0.2) is 0 Å². The maximum absolute atomic E-state index is 11.9. The molecule has 3 rings (SSSR count). The van der Waals surface area contributed by atoms with Crippen LogP contribution >= 0.6 is 0 Å². The number of rotatable bonds is 4. The SMILES string of the molecule is CCOC(=O)[C@H](C)N1CC[C@@H]2[C@@H](CCCN2C2CC2)C1. The first-order valence-electron chi connectivity index (χ1n) is 8.37. The minimum atomic E-state index is -0.0767. The predicted octanol–water partition coefficient (Wildman–Crippen LogP) is 1.89. The maximum Gasteiger partial charge on any atom is 0.323 e. The van der Waals surface area contributed by atoms with E-state index < -0.39 is 0 Å². The van der Waals surface area contributed by atoms with Crippen molar-refractivity contribution in [1.29, 1.82) is 0 Å². The van der Waals surface area contributed by atoms with E-state index in [2.05, 4.69) is 9.80 Å². The first kappa shape index (κ1) is 14.3. The fourth-order valence-electron chi connectivity index (χ4n) is 4.09. The van der Waals surface area contributed by atoms with Gasteiger partial charge in [-0.2, -0.15) is 0 Å². The monoisotopic (exact) mass is 280 g/mol. The molecule has 0 spiro atoms. The number of likely N-dealkylation sites (tertiary alicyclic amines) is 2. The first-order valence-corrected chi connectivity index (χ1v) is 8.37. The summed E-state index contributed by atoms with van der Waals surface area (Å²) in [7, 11) is 0. The average Bonchev–Trinajstić information content (AvgIpc) is 3.30. The third-order valence-electron chi connectivity index (χ3n) is 5.33. The largest absolute Gasteiger partial charge is 0.465 e. The van der Waals surface area contributed by atoms with Crippen LogP contribution in [0.2, 0.25) is 0 Å². The van der Waals surface area contributed by atoms with Gasteiger partial charge in [-0.1, -0.05) is 0 Å². The summed E-state index contributed by atoms with van der Waals surface area (Å²) in [6.45, 7) is 7.79. The van der Waals surface area contributed by atoms with E-state index in [4.69, 9.17) is 4.74 Å². The Morgan fingerprint density at radius 1 is 1.25 bits per heavy atom. The number of piperidine rings is 2. The number of hydrogen-bond acceptors (Lipinski definition) is 4. The molecule has 0 aromatic rings. The summed E-state index contributed by atoms with van der Waals surface area (Å²) in [5.41, 5.74) is 0. The van der Waals surface area contributed by atoms with Crippen LogP contribution in [0.3, 0.4) is 0 Å². The van der Waals surface area contributed by atoms with Crippen LogP contribution in [0.1, 0.15) is 46.0 Å². The Kier molecular flexibility index (Phi) is 4.32. The fraction of sp³-hybridized carbons (Fsp3) is 0.938. The zero-order valence-electron chi connectivity index (χ0n) is 12.9. The van der Waals surface area contributed by atoms with Crippen molar-refractivity contribution in [1.82, 2.24) is 9.80 Å². The van der Waals surface area contributed by atoms with E-state index in [1.807, 2.05) is 13.8 Å². The van der Waals surface area contributed by atoms with Crippen molar-refractivity contribution in [2.75, 3.05) is 26.2 Å². The Balaban J connectivity index is 1.59. The van der Waals surface area contributed by atoms with E-state index in [-0.39, 0.29) is 12.0 Å². The summed E-state index contributed by atoms with van der Waals surface area (Å²) < 4.78 is 5.17. The molecule has 0 N–H and O–H groups in total. The molecule has 0 aromatic carbocycles. The van der Waals surface area contributed by atoms with Crippen LogP contribution in [0.25, 0.3) is 0 Å². The molecule has 3 atom stereocenters. The molecule has 3 aliphatic rings. The van der Waals surface area contributed by atoms with Crippen LogP contribution < -0.4 is 0 Å². The lowest BCUT2D eigenvalue weighted by Crippen LogP contribution is -2.57. The zero-order valence-corrected chi connectivity index (χ0v) is 12.9. The van der Waals surface area contributed by atoms with E-state index in [9.17, 15) is 4.79 Å². The Morgan fingerprint density at radius 3 is 2.75 bits per heavy atom. The van der Waals surface area contributed by atoms with Crippen LogP contribution in [-0.4, -0.2) is 60.1 Å². The average molecular weight is 280 g/mol. The molecule has 0 unspecified atom stereocenters. The van der Waals surface area contributed by atoms with E-state index in [1.54, 1.807) is 0 Å². The van der Waals surface area contributed by atoms with Crippen molar-refractivity contribution in [2.45, 2.75) is 64.1 Å². The first-order chi connectivity index (χ1) is 9.70. The van der Waals surface area contributed by atoms with Crippen LogP contribution in [0.15, 0.2) is 0 Å². The smallest absolute Gasteiger partial charge is 0.323 e. The number of ether oxygens (including phenoxy) is 1. The van der Waals surface area contributed by atoms with Crippen molar-refractivity contribution in [3.8, 4) is 0 Å². The number of nitrogens with zero attached hydrogens (tertiary/aromatic N) is 2. The van der Waals surface area contributed by atoms with Crippen LogP contribution in [0.5, 0.6) is 0 Å². The summed E-state index contributed by atoms with van der Waals surface area (Å²) in [5.74, 6) is 0.704. The molecule has 0 aromatic heterocycles. The summed E-state index contributed by atoms with van der Waals surface area (Å²) in [5, 5.41) is 0. The van der Waals surface area contributed by atoms with Crippen molar-refractivity contribution in [2.24, 2.45) is 5.92 Å². The van der Waals surface area contributed by atoms with Gasteiger partial charge in [-0.3, -0.25) is 14.6 Å². The molecule has 3 fully saturated rings. The normalized spacial score (nSPS) is 33.5. The summed E-state index contributed by atoms with van der Waals surface area (Å²) >= 11 is 0. The quantitative estimate of drug-likeness (QED) is 0.736. The molecule has 2 aliphatic heterocycles. The molecule has 2 saturated heterocycles. The highest BCUT2D eigenvalue weighted by molar-refractivity contribution is 5.75. The molecule has 114 valence electrons. The van der Waals surface area contributed by atoms with Gasteiger partial charge in [0.15, 0.2) is 0 Å². The number of carbonyl (C=O) groups is 1. The van der Waals surface area contributed by atoms with Gasteiger partial charge in [-0.05, 0) is 58.4 Å². The molecule has 4 heteroatoms. The number of hydrogen-bond donors (Lipinski definition) is 0. The minimum absolute atomic E-state index is 0.0548. The lowest BCUT2D eigenvalue weighted by atomic mass is 9.83. The van der Waals surface area contributed by atoms with Gasteiger partial charge in [0.05, 0.1) is 6.61 Å². The van der Waals surface area contributed by atoms with Crippen molar-refractivity contribution in [3.63, 3.8) is 0 Å². The second-order valence-electron chi connectivity index (χ2n) is 6.65. The number of fused-ring (bicyclic) bond motifs is 1. The summed E-state index contributed by atoms with van der Waals surface area (Å²) in [4.78, 5) is 17.0. The molecule has 1 saturated carbocycles. The molecule has 1 aliphatic carbocycles. The molecule has 4 nitrogen and oxygen atoms in total. The Bertz CT molecular complexity index is 356. The van der Waals surface area contributed by atoms with Crippen molar-refractivity contribution in [3.05, 3.63) is 0 Å². The molecule has 0 amide bonds. The molecule has 2 heterocycles.